The van der Waals surface area contributed by atoms with E-state index >= 15 is 0 Å². The number of rotatable bonds is 11. The van der Waals surface area contributed by atoms with Crippen LogP contribution in [0.2, 0.25) is 5.04 Å². The van der Waals surface area contributed by atoms with Crippen LogP contribution in [0, 0.1) is 17.4 Å². The van der Waals surface area contributed by atoms with E-state index in [0.717, 1.165) is 26.8 Å². The van der Waals surface area contributed by atoms with Crippen molar-refractivity contribution >= 4 is 42.9 Å². The Morgan fingerprint density at radius 3 is 1.96 bits per heavy atom. The first-order valence-corrected chi connectivity index (χ1v) is 20.8. The molecule has 264 valence electrons. The number of halogens is 1. The van der Waals surface area contributed by atoms with E-state index in [-0.39, 0.29) is 24.3 Å². The number of hydrogen-bond donors (Lipinski definition) is 0. The highest BCUT2D eigenvalue weighted by atomic mass is 31.2. The molecule has 2 atom stereocenters. The maximum Gasteiger partial charge on any atom is 0.308 e. The Morgan fingerprint density at radius 2 is 1.43 bits per heavy atom. The lowest BCUT2D eigenvalue weighted by molar-refractivity contribution is -0.142. The lowest BCUT2D eigenvalue weighted by Crippen LogP contribution is -2.68. The van der Waals surface area contributed by atoms with E-state index < -0.39 is 32.8 Å². The third kappa shape index (κ3) is 8.24. The highest BCUT2D eigenvalue weighted by Gasteiger charge is 2.52. The molecule has 0 spiro atoms. The topological polar surface area (TPSA) is 74.7 Å². The van der Waals surface area contributed by atoms with Gasteiger partial charge in [-0.3, -0.25) is 9.36 Å². The molecule has 0 bridgehead atoms. The number of fused-ring (bicyclic) bond motifs is 1. The molecule has 5 aromatic rings. The van der Waals surface area contributed by atoms with E-state index in [1.165, 1.54) is 26.4 Å². The molecular formula is C42H45FNO5PSi. The number of pyridine rings is 1. The van der Waals surface area contributed by atoms with Gasteiger partial charge in [-0.1, -0.05) is 119 Å². The molecule has 0 fully saturated rings. The minimum absolute atomic E-state index is 0.0221. The van der Waals surface area contributed by atoms with Gasteiger partial charge < -0.3 is 13.7 Å². The number of hydrogen-bond acceptors (Lipinski definition) is 6. The van der Waals surface area contributed by atoms with Crippen molar-refractivity contribution in [2.45, 2.75) is 58.1 Å². The number of carbonyl (C=O) groups excluding carboxylic acids is 1. The smallest absolute Gasteiger partial charge is 0.308 e. The number of para-hydroxylation sites is 1. The highest BCUT2D eigenvalue weighted by molar-refractivity contribution is 7.64. The molecule has 1 unspecified atom stereocenters. The van der Waals surface area contributed by atoms with E-state index in [1.807, 2.05) is 60.7 Å². The number of methoxy groups -OCH3 is 1. The number of esters is 1. The summed E-state index contributed by atoms with van der Waals surface area (Å²) in [6.45, 7) is 10.6. The zero-order valence-corrected chi connectivity index (χ0v) is 32.2. The molecule has 0 aliphatic rings. The molecule has 0 saturated heterocycles. The Kier molecular flexibility index (Phi) is 11.8. The van der Waals surface area contributed by atoms with Crippen LogP contribution < -0.4 is 10.4 Å². The average Bonchev–Trinajstić information content (AvgIpc) is 3.12. The minimum atomic E-state index is -3.80. The fourth-order valence-electron chi connectivity index (χ4n) is 6.71. The lowest BCUT2D eigenvalue weighted by atomic mass is 9.90. The molecule has 0 radical (unpaired) electrons. The fourth-order valence-corrected chi connectivity index (χ4v) is 12.9. The van der Waals surface area contributed by atoms with Gasteiger partial charge in [0.1, 0.15) is 5.82 Å². The molecule has 0 aliphatic heterocycles. The van der Waals surface area contributed by atoms with Crippen molar-refractivity contribution in [1.82, 2.24) is 4.98 Å². The Morgan fingerprint density at radius 1 is 0.863 bits per heavy atom. The molecule has 5 rings (SSSR count). The Bertz CT molecular complexity index is 2050. The van der Waals surface area contributed by atoms with Crippen LogP contribution in [-0.2, 0) is 23.0 Å². The summed E-state index contributed by atoms with van der Waals surface area (Å²) in [6.07, 6.45) is -1.16. The monoisotopic (exact) mass is 721 g/mol. The Labute approximate surface area is 302 Å². The van der Waals surface area contributed by atoms with Crippen LogP contribution in [-0.4, -0.2) is 45.8 Å². The van der Waals surface area contributed by atoms with Gasteiger partial charge in [0.25, 0.3) is 15.7 Å². The van der Waals surface area contributed by atoms with E-state index in [2.05, 4.69) is 70.5 Å². The number of benzene rings is 4. The predicted molar refractivity (Wildman–Crippen MR) is 207 cm³/mol. The van der Waals surface area contributed by atoms with E-state index in [0.29, 0.717) is 16.8 Å². The van der Waals surface area contributed by atoms with Crippen molar-refractivity contribution in [3.8, 4) is 22.8 Å². The zero-order valence-electron chi connectivity index (χ0n) is 30.3. The largest absolute Gasteiger partial charge is 0.469 e. The third-order valence-electron chi connectivity index (χ3n) is 9.10. The van der Waals surface area contributed by atoms with Crippen LogP contribution >= 0.6 is 7.37 Å². The molecule has 0 aliphatic carbocycles. The Hall–Kier alpha value is -4.38. The van der Waals surface area contributed by atoms with Crippen molar-refractivity contribution in [2.24, 2.45) is 0 Å². The van der Waals surface area contributed by atoms with Crippen LogP contribution in [0.3, 0.4) is 0 Å². The number of carbonyl (C=O) groups is 1. The van der Waals surface area contributed by atoms with Gasteiger partial charge in [0.15, 0.2) is 0 Å². The summed E-state index contributed by atoms with van der Waals surface area (Å²) in [4.78, 5) is 17.9. The van der Waals surface area contributed by atoms with E-state index in [9.17, 15) is 13.8 Å². The van der Waals surface area contributed by atoms with Crippen LogP contribution in [0.5, 0.6) is 0 Å². The number of nitrogens with zero attached hydrogens (tertiary/aromatic N) is 1. The molecular weight excluding hydrogens is 677 g/mol. The van der Waals surface area contributed by atoms with Gasteiger partial charge in [-0.25, -0.2) is 9.37 Å². The van der Waals surface area contributed by atoms with Gasteiger partial charge in [0.05, 0.1) is 42.6 Å². The standard InChI is InChI=1S/C42H45FNO5PSi/c1-30(2)40-36-20-14-15-21-38(36)44-41(31-22-24-32(43)25-23-31)37(40)26-27-50(46,48-7)29-33(28-39(45)47-6)49-51(42(3,4)5,34-16-10-8-11-17-34)35-18-12-9-13-19-35/h8-25,30,33H,28-29H2,1-7H3/t33-,50?/m0/s1. The fraction of sp³-hybridized carbons (Fsp3) is 0.286. The van der Waals surface area contributed by atoms with Crippen LogP contribution in [0.25, 0.3) is 22.2 Å². The second-order valence-electron chi connectivity index (χ2n) is 13.9. The highest BCUT2D eigenvalue weighted by Crippen LogP contribution is 2.48. The molecule has 51 heavy (non-hydrogen) atoms. The van der Waals surface area contributed by atoms with Gasteiger partial charge in [-0.2, -0.15) is 0 Å². The van der Waals surface area contributed by atoms with Crippen LogP contribution in [0.1, 0.15) is 58.1 Å². The number of aromatic nitrogens is 1. The van der Waals surface area contributed by atoms with Crippen molar-refractivity contribution in [3.63, 3.8) is 0 Å². The third-order valence-corrected chi connectivity index (χ3v) is 16.1. The SMILES string of the molecule is COC(=O)C[C@@H](CP(=O)(C#Cc1c(-c2ccc(F)cc2)nc2ccccc2c1C(C)C)OC)O[Si](c1ccccc1)(c1ccccc1)C(C)(C)C. The average molecular weight is 722 g/mol. The summed E-state index contributed by atoms with van der Waals surface area (Å²) in [5, 5.41) is 2.56. The molecule has 0 N–H and O–H groups in total. The molecule has 4 aromatic carbocycles. The second-order valence-corrected chi connectivity index (χ2v) is 20.4. The van der Waals surface area contributed by atoms with Crippen molar-refractivity contribution in [1.29, 1.82) is 0 Å². The van der Waals surface area contributed by atoms with Crippen molar-refractivity contribution in [2.75, 3.05) is 20.4 Å². The lowest BCUT2D eigenvalue weighted by Gasteiger charge is -2.45. The number of ether oxygens (including phenoxy) is 1. The predicted octanol–water partition coefficient (Wildman–Crippen LogP) is 8.91. The summed E-state index contributed by atoms with van der Waals surface area (Å²) in [5.74, 6) is 2.40. The summed E-state index contributed by atoms with van der Waals surface area (Å²) in [6, 6.07) is 34.0. The minimum Gasteiger partial charge on any atom is -0.469 e. The van der Waals surface area contributed by atoms with Gasteiger partial charge in [0, 0.05) is 18.1 Å². The van der Waals surface area contributed by atoms with Crippen molar-refractivity contribution in [3.05, 3.63) is 126 Å². The van der Waals surface area contributed by atoms with Gasteiger partial charge in [-0.15, -0.1) is 0 Å². The van der Waals surface area contributed by atoms with Crippen LogP contribution in [0.15, 0.2) is 109 Å². The summed E-state index contributed by atoms with van der Waals surface area (Å²) < 4.78 is 47.0. The molecule has 1 heterocycles. The van der Waals surface area contributed by atoms with E-state index in [1.54, 1.807) is 12.1 Å². The molecule has 0 saturated carbocycles. The van der Waals surface area contributed by atoms with Crippen molar-refractivity contribution < 1.29 is 27.4 Å². The molecule has 9 heteroatoms. The van der Waals surface area contributed by atoms with E-state index in [4.69, 9.17) is 18.7 Å². The summed E-state index contributed by atoms with van der Waals surface area (Å²) in [7, 11) is -4.28. The summed E-state index contributed by atoms with van der Waals surface area (Å²) in [5.41, 5.74) is 6.56. The molecule has 0 amide bonds. The first-order valence-electron chi connectivity index (χ1n) is 17.0. The Balaban J connectivity index is 1.67. The van der Waals surface area contributed by atoms with Gasteiger partial charge in [-0.05, 0) is 62.9 Å². The van der Waals surface area contributed by atoms with Gasteiger partial charge >= 0.3 is 5.97 Å². The first kappa shape index (κ1) is 37.9. The van der Waals surface area contributed by atoms with Crippen LogP contribution in [0.4, 0.5) is 4.39 Å². The quantitative estimate of drug-likeness (QED) is 0.0587. The summed E-state index contributed by atoms with van der Waals surface area (Å²) >= 11 is 0. The molecule has 1 aromatic heterocycles. The second kappa shape index (κ2) is 15.9. The zero-order chi connectivity index (χ0) is 36.8. The maximum absolute atomic E-state index is 14.8. The van der Waals surface area contributed by atoms with Gasteiger partial charge in [0.2, 0.25) is 0 Å². The molecule has 6 nitrogen and oxygen atoms in total. The maximum atomic E-state index is 14.8. The first-order chi connectivity index (χ1) is 24.3. The normalized spacial score (nSPS) is 13.7.